The highest BCUT2D eigenvalue weighted by Crippen LogP contribution is 2.45. The molecule has 58 valence electrons. The number of aromatic nitrogens is 1. The molecule has 0 saturated heterocycles. The van der Waals surface area contributed by atoms with E-state index in [-0.39, 0.29) is 0 Å². The molecule has 1 aliphatic rings. The Morgan fingerprint density at radius 3 is 3.00 bits per heavy atom. The van der Waals surface area contributed by atoms with Gasteiger partial charge >= 0.3 is 0 Å². The molecule has 1 aliphatic carbocycles. The van der Waals surface area contributed by atoms with Gasteiger partial charge in [-0.05, 0) is 31.0 Å². The fraction of sp³-hybridized carbons (Fsp3) is 0.444. The molecule has 1 aromatic heterocycles. The smallest absolute Gasteiger partial charge is 0.0437 e. The van der Waals surface area contributed by atoms with Gasteiger partial charge in [0, 0.05) is 17.8 Å². The summed E-state index contributed by atoms with van der Waals surface area (Å²) < 4.78 is 0. The first-order valence-corrected chi connectivity index (χ1v) is 4.03. The zero-order chi connectivity index (χ0) is 7.68. The second kappa shape index (κ2) is 2.62. The molecule has 0 bridgehead atoms. The summed E-state index contributed by atoms with van der Waals surface area (Å²) in [7, 11) is 0. The van der Waals surface area contributed by atoms with Crippen LogP contribution < -0.4 is 5.73 Å². The maximum absolute atomic E-state index is 5.53. The third-order valence-electron chi connectivity index (χ3n) is 2.29. The van der Waals surface area contributed by atoms with Crippen LogP contribution in [0.25, 0.3) is 0 Å². The first kappa shape index (κ1) is 6.80. The highest BCUT2D eigenvalue weighted by atomic mass is 14.7. The largest absolute Gasteiger partial charge is 0.330 e. The SMILES string of the molecule is NC[C@H]1C[C@H]1c1ccccn1. The molecule has 1 saturated carbocycles. The Morgan fingerprint density at radius 1 is 1.55 bits per heavy atom. The van der Waals surface area contributed by atoms with Crippen molar-refractivity contribution in [1.29, 1.82) is 0 Å². The predicted molar refractivity (Wildman–Crippen MR) is 44.1 cm³/mol. The van der Waals surface area contributed by atoms with E-state index in [1.807, 2.05) is 18.3 Å². The lowest BCUT2D eigenvalue weighted by molar-refractivity contribution is 0.797. The summed E-state index contributed by atoms with van der Waals surface area (Å²) in [5.41, 5.74) is 6.74. The Kier molecular flexibility index (Phi) is 1.62. The molecular formula is C9H12N2. The molecule has 2 rings (SSSR count). The maximum Gasteiger partial charge on any atom is 0.0437 e. The van der Waals surface area contributed by atoms with Crippen LogP contribution >= 0.6 is 0 Å². The van der Waals surface area contributed by atoms with Crippen LogP contribution in [0.1, 0.15) is 18.0 Å². The lowest BCUT2D eigenvalue weighted by atomic mass is 10.2. The van der Waals surface area contributed by atoms with Crippen molar-refractivity contribution in [3.63, 3.8) is 0 Å². The second-order valence-corrected chi connectivity index (χ2v) is 3.09. The van der Waals surface area contributed by atoms with Gasteiger partial charge in [-0.3, -0.25) is 4.98 Å². The van der Waals surface area contributed by atoms with Crippen LogP contribution in [0.4, 0.5) is 0 Å². The van der Waals surface area contributed by atoms with Crippen molar-refractivity contribution in [2.24, 2.45) is 11.7 Å². The van der Waals surface area contributed by atoms with Gasteiger partial charge in [-0.25, -0.2) is 0 Å². The number of hydrogen-bond acceptors (Lipinski definition) is 2. The minimum atomic E-state index is 0.654. The molecule has 1 fully saturated rings. The minimum Gasteiger partial charge on any atom is -0.330 e. The quantitative estimate of drug-likeness (QED) is 0.683. The van der Waals surface area contributed by atoms with Gasteiger partial charge in [0.2, 0.25) is 0 Å². The molecule has 0 radical (unpaired) electrons. The van der Waals surface area contributed by atoms with E-state index in [2.05, 4.69) is 11.1 Å². The van der Waals surface area contributed by atoms with Gasteiger partial charge in [0.1, 0.15) is 0 Å². The molecule has 2 heteroatoms. The molecule has 0 aromatic carbocycles. The van der Waals surface area contributed by atoms with Gasteiger partial charge in [-0.2, -0.15) is 0 Å². The van der Waals surface area contributed by atoms with Gasteiger partial charge in [0.15, 0.2) is 0 Å². The van der Waals surface area contributed by atoms with E-state index >= 15 is 0 Å². The molecule has 2 N–H and O–H groups in total. The highest BCUT2D eigenvalue weighted by Gasteiger charge is 2.37. The Morgan fingerprint density at radius 2 is 2.45 bits per heavy atom. The van der Waals surface area contributed by atoms with Crippen molar-refractivity contribution < 1.29 is 0 Å². The Hall–Kier alpha value is -0.890. The third-order valence-corrected chi connectivity index (χ3v) is 2.29. The van der Waals surface area contributed by atoms with Crippen LogP contribution in [0.2, 0.25) is 0 Å². The van der Waals surface area contributed by atoms with Crippen molar-refractivity contribution in [1.82, 2.24) is 4.98 Å². The lowest BCUT2D eigenvalue weighted by Crippen LogP contribution is -2.02. The summed E-state index contributed by atoms with van der Waals surface area (Å²) in [6, 6.07) is 6.07. The minimum absolute atomic E-state index is 0.654. The topological polar surface area (TPSA) is 38.9 Å². The van der Waals surface area contributed by atoms with E-state index in [0.29, 0.717) is 11.8 Å². The Balaban J connectivity index is 2.09. The summed E-state index contributed by atoms with van der Waals surface area (Å²) in [5.74, 6) is 1.35. The van der Waals surface area contributed by atoms with E-state index in [1.54, 1.807) is 0 Å². The first-order valence-electron chi connectivity index (χ1n) is 4.03. The predicted octanol–water partition coefficient (Wildman–Crippen LogP) is 1.14. The lowest BCUT2D eigenvalue weighted by Gasteiger charge is -1.95. The Bertz CT molecular complexity index is 233. The Labute approximate surface area is 66.4 Å². The molecule has 0 unspecified atom stereocenters. The number of pyridine rings is 1. The number of rotatable bonds is 2. The standard InChI is InChI=1S/C9H12N2/c10-6-7-5-8(7)9-3-1-2-4-11-9/h1-4,7-8H,5-6,10H2/t7-,8-/m1/s1. The molecular weight excluding hydrogens is 136 g/mol. The van der Waals surface area contributed by atoms with Gasteiger partial charge < -0.3 is 5.73 Å². The zero-order valence-electron chi connectivity index (χ0n) is 6.40. The van der Waals surface area contributed by atoms with E-state index in [9.17, 15) is 0 Å². The van der Waals surface area contributed by atoms with Crippen LogP contribution in [-0.2, 0) is 0 Å². The summed E-state index contributed by atoms with van der Waals surface area (Å²) in [5, 5.41) is 0. The molecule has 0 amide bonds. The average Bonchev–Trinajstić information content (AvgIpc) is 2.85. The molecule has 1 aromatic rings. The van der Waals surface area contributed by atoms with Gasteiger partial charge in [-0.1, -0.05) is 6.07 Å². The number of nitrogens with two attached hydrogens (primary N) is 1. The van der Waals surface area contributed by atoms with Crippen LogP contribution in [-0.4, -0.2) is 11.5 Å². The van der Waals surface area contributed by atoms with Crippen LogP contribution in [0.5, 0.6) is 0 Å². The van der Waals surface area contributed by atoms with E-state index in [0.717, 1.165) is 6.54 Å². The van der Waals surface area contributed by atoms with Crippen molar-refractivity contribution in [2.75, 3.05) is 6.54 Å². The third kappa shape index (κ3) is 1.26. The van der Waals surface area contributed by atoms with E-state index in [1.165, 1.54) is 12.1 Å². The molecule has 11 heavy (non-hydrogen) atoms. The van der Waals surface area contributed by atoms with Gasteiger partial charge in [0.05, 0.1) is 0 Å². The van der Waals surface area contributed by atoms with Crippen molar-refractivity contribution >= 4 is 0 Å². The van der Waals surface area contributed by atoms with Crippen LogP contribution in [0.3, 0.4) is 0 Å². The van der Waals surface area contributed by atoms with Gasteiger partial charge in [-0.15, -0.1) is 0 Å². The second-order valence-electron chi connectivity index (χ2n) is 3.09. The van der Waals surface area contributed by atoms with Crippen molar-refractivity contribution in [3.8, 4) is 0 Å². The van der Waals surface area contributed by atoms with E-state index < -0.39 is 0 Å². The fourth-order valence-electron chi connectivity index (χ4n) is 1.47. The number of nitrogens with zero attached hydrogens (tertiary/aromatic N) is 1. The average molecular weight is 148 g/mol. The number of hydrogen-bond donors (Lipinski definition) is 1. The van der Waals surface area contributed by atoms with Gasteiger partial charge in [0.25, 0.3) is 0 Å². The molecule has 2 atom stereocenters. The monoisotopic (exact) mass is 148 g/mol. The molecule has 0 spiro atoms. The summed E-state index contributed by atoms with van der Waals surface area (Å²) in [6.45, 7) is 0.807. The summed E-state index contributed by atoms with van der Waals surface area (Å²) in [4.78, 5) is 4.28. The molecule has 1 heterocycles. The van der Waals surface area contributed by atoms with Crippen LogP contribution in [0.15, 0.2) is 24.4 Å². The van der Waals surface area contributed by atoms with E-state index in [4.69, 9.17) is 5.73 Å². The highest BCUT2D eigenvalue weighted by molar-refractivity contribution is 5.17. The normalized spacial score (nSPS) is 28.5. The zero-order valence-corrected chi connectivity index (χ0v) is 6.40. The first-order chi connectivity index (χ1) is 5.42. The summed E-state index contributed by atoms with van der Waals surface area (Å²) >= 11 is 0. The fourth-order valence-corrected chi connectivity index (χ4v) is 1.47. The maximum atomic E-state index is 5.53. The molecule has 0 aliphatic heterocycles. The van der Waals surface area contributed by atoms with Crippen LogP contribution in [0, 0.1) is 5.92 Å². The van der Waals surface area contributed by atoms with Crippen molar-refractivity contribution in [2.45, 2.75) is 12.3 Å². The van der Waals surface area contributed by atoms with Crippen molar-refractivity contribution in [3.05, 3.63) is 30.1 Å². The summed E-state index contributed by atoms with van der Waals surface area (Å²) in [6.07, 6.45) is 3.08. The molecule has 2 nitrogen and oxygen atoms in total.